The van der Waals surface area contributed by atoms with Crippen molar-refractivity contribution in [2.24, 2.45) is 0 Å². The summed E-state index contributed by atoms with van der Waals surface area (Å²) in [5, 5.41) is 9.48. The van der Waals surface area contributed by atoms with Crippen LogP contribution in [0.4, 0.5) is 5.82 Å². The fraction of sp³-hybridized carbons (Fsp3) is 0.600. The van der Waals surface area contributed by atoms with Gasteiger partial charge in [0.05, 0.1) is 11.7 Å². The maximum Gasteiger partial charge on any atom is 0.255 e. The van der Waals surface area contributed by atoms with E-state index in [1.165, 1.54) is 0 Å². The van der Waals surface area contributed by atoms with Crippen LogP contribution >= 0.6 is 0 Å². The molecule has 1 aliphatic heterocycles. The van der Waals surface area contributed by atoms with Crippen molar-refractivity contribution < 1.29 is 9.90 Å². The van der Waals surface area contributed by atoms with Crippen molar-refractivity contribution in [3.8, 4) is 0 Å². The number of hydrogen-bond donors (Lipinski definition) is 1. The Morgan fingerprint density at radius 2 is 2.00 bits per heavy atom. The van der Waals surface area contributed by atoms with Crippen LogP contribution in [0.5, 0.6) is 0 Å². The maximum atomic E-state index is 12.3. The van der Waals surface area contributed by atoms with Gasteiger partial charge in [-0.25, -0.2) is 4.98 Å². The topological polar surface area (TPSA) is 56.7 Å². The molecule has 1 aromatic rings. The zero-order chi connectivity index (χ0) is 14.5. The van der Waals surface area contributed by atoms with Gasteiger partial charge in [-0.05, 0) is 38.8 Å². The van der Waals surface area contributed by atoms with E-state index in [9.17, 15) is 9.90 Å². The number of pyridine rings is 1. The predicted molar refractivity (Wildman–Crippen MR) is 78.9 cm³/mol. The third kappa shape index (κ3) is 3.28. The summed E-state index contributed by atoms with van der Waals surface area (Å²) in [6.45, 7) is 7.23. The zero-order valence-corrected chi connectivity index (χ0v) is 12.2. The normalized spacial score (nSPS) is 16.2. The lowest BCUT2D eigenvalue weighted by atomic mass is 10.1. The number of nitrogens with zero attached hydrogens (tertiary/aromatic N) is 3. The fourth-order valence-electron chi connectivity index (χ4n) is 2.50. The van der Waals surface area contributed by atoms with Gasteiger partial charge < -0.3 is 14.9 Å². The first kappa shape index (κ1) is 14.8. The second-order valence-corrected chi connectivity index (χ2v) is 5.10. The number of rotatable bonds is 4. The second kappa shape index (κ2) is 6.70. The van der Waals surface area contributed by atoms with Crippen LogP contribution < -0.4 is 4.90 Å². The Morgan fingerprint density at radius 3 is 2.50 bits per heavy atom. The SMILES string of the molecule is CCN(CC)c1ccc(C(=O)N2CCC(O)CC2)cn1. The molecule has 0 aliphatic carbocycles. The molecule has 0 spiro atoms. The summed E-state index contributed by atoms with van der Waals surface area (Å²) < 4.78 is 0. The van der Waals surface area contributed by atoms with E-state index >= 15 is 0 Å². The standard InChI is InChI=1S/C15H23N3O2/c1-3-17(4-2)14-6-5-12(11-16-14)15(20)18-9-7-13(19)8-10-18/h5-6,11,13,19H,3-4,7-10H2,1-2H3. The van der Waals surface area contributed by atoms with E-state index in [0.717, 1.165) is 18.9 Å². The number of anilines is 1. The average Bonchev–Trinajstić information content (AvgIpc) is 2.49. The lowest BCUT2D eigenvalue weighted by Crippen LogP contribution is -2.40. The van der Waals surface area contributed by atoms with Gasteiger partial charge in [-0.3, -0.25) is 4.79 Å². The molecule has 1 fully saturated rings. The molecule has 20 heavy (non-hydrogen) atoms. The minimum Gasteiger partial charge on any atom is -0.393 e. The minimum atomic E-state index is -0.262. The molecule has 110 valence electrons. The molecule has 5 heteroatoms. The quantitative estimate of drug-likeness (QED) is 0.906. The molecule has 2 heterocycles. The van der Waals surface area contributed by atoms with E-state index in [1.54, 1.807) is 11.1 Å². The molecular formula is C15H23N3O2. The number of piperidine rings is 1. The van der Waals surface area contributed by atoms with Crippen molar-refractivity contribution in [2.75, 3.05) is 31.1 Å². The van der Waals surface area contributed by atoms with Crippen molar-refractivity contribution >= 4 is 11.7 Å². The van der Waals surface area contributed by atoms with Gasteiger partial charge in [-0.1, -0.05) is 0 Å². The molecule has 0 unspecified atom stereocenters. The monoisotopic (exact) mass is 277 g/mol. The summed E-state index contributed by atoms with van der Waals surface area (Å²) in [6, 6.07) is 3.74. The van der Waals surface area contributed by atoms with Gasteiger partial charge in [0, 0.05) is 32.4 Å². The predicted octanol–water partition coefficient (Wildman–Crippen LogP) is 1.52. The molecule has 1 N–H and O–H groups in total. The highest BCUT2D eigenvalue weighted by atomic mass is 16.3. The molecule has 0 aromatic carbocycles. The van der Waals surface area contributed by atoms with E-state index in [0.29, 0.717) is 31.5 Å². The largest absolute Gasteiger partial charge is 0.393 e. The Labute approximate surface area is 120 Å². The average molecular weight is 277 g/mol. The Hall–Kier alpha value is -1.62. The van der Waals surface area contributed by atoms with Crippen LogP contribution in [0.25, 0.3) is 0 Å². The van der Waals surface area contributed by atoms with Crippen LogP contribution in [0, 0.1) is 0 Å². The van der Waals surface area contributed by atoms with E-state index < -0.39 is 0 Å². The van der Waals surface area contributed by atoms with Crippen LogP contribution in [0.15, 0.2) is 18.3 Å². The molecule has 0 radical (unpaired) electrons. The number of carbonyl (C=O) groups excluding carboxylic acids is 1. The third-order valence-corrected chi connectivity index (χ3v) is 3.83. The number of likely N-dealkylation sites (tertiary alicyclic amines) is 1. The first-order chi connectivity index (χ1) is 9.65. The summed E-state index contributed by atoms with van der Waals surface area (Å²) >= 11 is 0. The molecule has 0 bridgehead atoms. The second-order valence-electron chi connectivity index (χ2n) is 5.10. The van der Waals surface area contributed by atoms with E-state index in [1.807, 2.05) is 12.1 Å². The Balaban J connectivity index is 2.04. The van der Waals surface area contributed by atoms with Gasteiger partial charge in [-0.2, -0.15) is 0 Å². The third-order valence-electron chi connectivity index (χ3n) is 3.83. The number of aliphatic hydroxyl groups is 1. The van der Waals surface area contributed by atoms with Gasteiger partial charge in [0.15, 0.2) is 0 Å². The Bertz CT molecular complexity index is 435. The van der Waals surface area contributed by atoms with E-state index in [-0.39, 0.29) is 12.0 Å². The maximum absolute atomic E-state index is 12.3. The van der Waals surface area contributed by atoms with Crippen LogP contribution in [-0.2, 0) is 0 Å². The highest BCUT2D eigenvalue weighted by molar-refractivity contribution is 5.94. The van der Waals surface area contributed by atoms with Crippen molar-refractivity contribution in [3.63, 3.8) is 0 Å². The first-order valence-electron chi connectivity index (χ1n) is 7.34. The van der Waals surface area contributed by atoms with Crippen molar-refractivity contribution in [3.05, 3.63) is 23.9 Å². The number of amides is 1. The molecule has 0 atom stereocenters. The Kier molecular flexibility index (Phi) is 4.95. The first-order valence-corrected chi connectivity index (χ1v) is 7.34. The van der Waals surface area contributed by atoms with Gasteiger partial charge in [0.25, 0.3) is 5.91 Å². The van der Waals surface area contributed by atoms with Crippen molar-refractivity contribution in [1.29, 1.82) is 0 Å². The van der Waals surface area contributed by atoms with Gasteiger partial charge in [0.1, 0.15) is 5.82 Å². The molecule has 1 saturated heterocycles. The Morgan fingerprint density at radius 1 is 1.35 bits per heavy atom. The minimum absolute atomic E-state index is 0.00972. The number of hydrogen-bond acceptors (Lipinski definition) is 4. The molecule has 5 nitrogen and oxygen atoms in total. The van der Waals surface area contributed by atoms with Crippen LogP contribution in [0.2, 0.25) is 0 Å². The van der Waals surface area contributed by atoms with Crippen LogP contribution in [-0.4, -0.2) is 53.2 Å². The lowest BCUT2D eigenvalue weighted by Gasteiger charge is -2.29. The van der Waals surface area contributed by atoms with Gasteiger partial charge in [-0.15, -0.1) is 0 Å². The molecular weight excluding hydrogens is 254 g/mol. The summed E-state index contributed by atoms with van der Waals surface area (Å²) in [6.07, 6.45) is 2.72. The summed E-state index contributed by atoms with van der Waals surface area (Å²) in [5.74, 6) is 0.913. The van der Waals surface area contributed by atoms with Crippen molar-refractivity contribution in [1.82, 2.24) is 9.88 Å². The fourth-order valence-corrected chi connectivity index (χ4v) is 2.50. The van der Waals surface area contributed by atoms with Gasteiger partial charge in [0.2, 0.25) is 0 Å². The molecule has 0 saturated carbocycles. The van der Waals surface area contributed by atoms with Crippen molar-refractivity contribution in [2.45, 2.75) is 32.8 Å². The zero-order valence-electron chi connectivity index (χ0n) is 12.2. The molecule has 2 rings (SSSR count). The number of aliphatic hydroxyl groups excluding tert-OH is 1. The molecule has 1 amide bonds. The van der Waals surface area contributed by atoms with E-state index in [4.69, 9.17) is 0 Å². The molecule has 1 aliphatic rings. The summed E-state index contributed by atoms with van der Waals surface area (Å²) in [7, 11) is 0. The summed E-state index contributed by atoms with van der Waals surface area (Å²) in [4.78, 5) is 20.6. The van der Waals surface area contributed by atoms with E-state index in [2.05, 4.69) is 23.7 Å². The summed E-state index contributed by atoms with van der Waals surface area (Å²) in [5.41, 5.74) is 0.622. The number of aromatic nitrogens is 1. The smallest absolute Gasteiger partial charge is 0.255 e. The molecule has 1 aromatic heterocycles. The van der Waals surface area contributed by atoms with Gasteiger partial charge >= 0.3 is 0 Å². The lowest BCUT2D eigenvalue weighted by molar-refractivity contribution is 0.0546. The highest BCUT2D eigenvalue weighted by Gasteiger charge is 2.22. The highest BCUT2D eigenvalue weighted by Crippen LogP contribution is 2.15. The number of carbonyl (C=O) groups is 1. The van der Waals surface area contributed by atoms with Crippen LogP contribution in [0.1, 0.15) is 37.0 Å². The van der Waals surface area contributed by atoms with Crippen LogP contribution in [0.3, 0.4) is 0 Å².